The van der Waals surface area contributed by atoms with Crippen molar-refractivity contribution in [1.29, 1.82) is 0 Å². The zero-order valence-corrected chi connectivity index (χ0v) is 11.3. The minimum absolute atomic E-state index is 0.190. The molecule has 1 N–H and O–H groups in total. The van der Waals surface area contributed by atoms with Gasteiger partial charge in [0.1, 0.15) is 0 Å². The number of aliphatic hydroxyl groups excluding tert-OH is 1. The van der Waals surface area contributed by atoms with Gasteiger partial charge < -0.3 is 9.84 Å². The molecular formula is C16H26O2. The zero-order valence-electron chi connectivity index (χ0n) is 11.3. The van der Waals surface area contributed by atoms with Crippen LogP contribution in [0.1, 0.15) is 51.4 Å². The number of hydrogen-bond acceptors (Lipinski definition) is 2. The van der Waals surface area contributed by atoms with Crippen molar-refractivity contribution in [3.8, 4) is 0 Å². The van der Waals surface area contributed by atoms with Gasteiger partial charge in [0.2, 0.25) is 0 Å². The Labute approximate surface area is 110 Å². The topological polar surface area (TPSA) is 29.5 Å². The van der Waals surface area contributed by atoms with Crippen LogP contribution in [0.5, 0.6) is 0 Å². The van der Waals surface area contributed by atoms with Crippen molar-refractivity contribution in [3.05, 3.63) is 0 Å². The van der Waals surface area contributed by atoms with Crippen LogP contribution >= 0.6 is 0 Å². The lowest BCUT2D eigenvalue weighted by Gasteiger charge is -2.58. The van der Waals surface area contributed by atoms with Crippen LogP contribution in [0.25, 0.3) is 0 Å². The van der Waals surface area contributed by atoms with Gasteiger partial charge in [0.25, 0.3) is 0 Å². The molecule has 0 spiro atoms. The van der Waals surface area contributed by atoms with Gasteiger partial charge in [-0.2, -0.15) is 0 Å². The van der Waals surface area contributed by atoms with Crippen LogP contribution < -0.4 is 0 Å². The fourth-order valence-corrected chi connectivity index (χ4v) is 5.39. The summed E-state index contributed by atoms with van der Waals surface area (Å²) in [4.78, 5) is 0. The van der Waals surface area contributed by atoms with Crippen LogP contribution in [-0.2, 0) is 4.74 Å². The van der Waals surface area contributed by atoms with Crippen molar-refractivity contribution in [1.82, 2.24) is 0 Å². The van der Waals surface area contributed by atoms with Gasteiger partial charge in [0, 0.05) is 6.61 Å². The summed E-state index contributed by atoms with van der Waals surface area (Å²) in [6.07, 6.45) is 10.7. The van der Waals surface area contributed by atoms with Crippen LogP contribution in [0, 0.1) is 29.1 Å². The smallest absolute Gasteiger partial charge is 0.0829 e. The molecule has 0 radical (unpaired) electrons. The van der Waals surface area contributed by atoms with Gasteiger partial charge >= 0.3 is 0 Å². The molecule has 1 atom stereocenters. The van der Waals surface area contributed by atoms with Crippen molar-refractivity contribution in [2.45, 2.75) is 57.5 Å². The highest BCUT2D eigenvalue weighted by molar-refractivity contribution is 5.04. The average Bonchev–Trinajstić information content (AvgIpc) is 3.11. The van der Waals surface area contributed by atoms with Gasteiger partial charge in [-0.25, -0.2) is 0 Å². The first-order valence-corrected chi connectivity index (χ1v) is 7.99. The third-order valence-electron chi connectivity index (χ3n) is 6.12. The van der Waals surface area contributed by atoms with Gasteiger partial charge in [0.15, 0.2) is 0 Å². The maximum atomic E-state index is 10.6. The molecule has 5 rings (SSSR count). The van der Waals surface area contributed by atoms with Crippen LogP contribution in [0.4, 0.5) is 0 Å². The molecule has 5 aliphatic rings. The van der Waals surface area contributed by atoms with Gasteiger partial charge in [-0.1, -0.05) is 0 Å². The van der Waals surface area contributed by atoms with E-state index in [1.807, 2.05) is 0 Å². The molecule has 5 aliphatic carbocycles. The highest BCUT2D eigenvalue weighted by Gasteiger charge is 2.53. The number of ether oxygens (including phenoxy) is 1. The Bertz CT molecular complexity index is 286. The monoisotopic (exact) mass is 250 g/mol. The van der Waals surface area contributed by atoms with E-state index in [9.17, 15) is 5.11 Å². The number of hydrogen-bond donors (Lipinski definition) is 1. The van der Waals surface area contributed by atoms with E-state index in [1.165, 1.54) is 51.4 Å². The van der Waals surface area contributed by atoms with Crippen LogP contribution in [0.15, 0.2) is 0 Å². The maximum Gasteiger partial charge on any atom is 0.0829 e. The van der Waals surface area contributed by atoms with E-state index in [-0.39, 0.29) is 11.5 Å². The predicted molar refractivity (Wildman–Crippen MR) is 70.2 cm³/mol. The number of aliphatic hydroxyl groups is 1. The van der Waals surface area contributed by atoms with E-state index in [0.29, 0.717) is 6.61 Å². The summed E-state index contributed by atoms with van der Waals surface area (Å²) in [5.74, 6) is 3.59. The van der Waals surface area contributed by atoms with E-state index >= 15 is 0 Å². The molecule has 0 amide bonds. The molecule has 1 unspecified atom stereocenters. The molecule has 2 nitrogen and oxygen atoms in total. The molecule has 0 saturated heterocycles. The predicted octanol–water partition coefficient (Wildman–Crippen LogP) is 2.99. The summed E-state index contributed by atoms with van der Waals surface area (Å²) in [7, 11) is 0. The Kier molecular flexibility index (Phi) is 2.74. The molecule has 0 aromatic rings. The largest absolute Gasteiger partial charge is 0.390 e. The standard InChI is InChI=1S/C16H26O2/c17-15(10-18-9-11-1-2-11)16-6-12-3-13(7-16)5-14(4-12)8-16/h11-15,17H,1-10H2. The summed E-state index contributed by atoms with van der Waals surface area (Å²) in [6, 6.07) is 0. The second-order valence-corrected chi connectivity index (χ2v) is 7.78. The molecule has 4 bridgehead atoms. The molecule has 102 valence electrons. The average molecular weight is 250 g/mol. The highest BCUT2D eigenvalue weighted by Crippen LogP contribution is 2.61. The van der Waals surface area contributed by atoms with Crippen molar-refractivity contribution in [2.24, 2.45) is 29.1 Å². The maximum absolute atomic E-state index is 10.6. The van der Waals surface area contributed by atoms with Crippen molar-refractivity contribution >= 4 is 0 Å². The quantitative estimate of drug-likeness (QED) is 0.813. The van der Waals surface area contributed by atoms with Crippen LogP contribution in [-0.4, -0.2) is 24.4 Å². The van der Waals surface area contributed by atoms with E-state index < -0.39 is 0 Å². The first-order chi connectivity index (χ1) is 8.73. The molecule has 0 aromatic heterocycles. The Hall–Kier alpha value is -0.0800. The summed E-state index contributed by atoms with van der Waals surface area (Å²) in [5.41, 5.74) is 0.248. The Morgan fingerprint density at radius 1 is 1.00 bits per heavy atom. The summed E-state index contributed by atoms with van der Waals surface area (Å²) >= 11 is 0. The van der Waals surface area contributed by atoms with Crippen LogP contribution in [0.3, 0.4) is 0 Å². The van der Waals surface area contributed by atoms with Crippen molar-refractivity contribution in [3.63, 3.8) is 0 Å². The van der Waals surface area contributed by atoms with Crippen molar-refractivity contribution in [2.75, 3.05) is 13.2 Å². The summed E-state index contributed by atoms with van der Waals surface area (Å²) < 4.78 is 5.76. The molecule has 0 heterocycles. The van der Waals surface area contributed by atoms with E-state index in [4.69, 9.17) is 4.74 Å². The highest BCUT2D eigenvalue weighted by atomic mass is 16.5. The third-order valence-corrected chi connectivity index (χ3v) is 6.12. The summed E-state index contributed by atoms with van der Waals surface area (Å²) in [5, 5.41) is 10.6. The third kappa shape index (κ3) is 2.02. The molecule has 0 aromatic carbocycles. The summed E-state index contributed by atoms with van der Waals surface area (Å²) in [6.45, 7) is 1.49. The Balaban J connectivity index is 1.39. The fourth-order valence-electron chi connectivity index (χ4n) is 5.39. The first-order valence-electron chi connectivity index (χ1n) is 7.99. The lowest BCUT2D eigenvalue weighted by molar-refractivity contribution is -0.140. The Morgan fingerprint density at radius 2 is 1.56 bits per heavy atom. The minimum atomic E-state index is -0.190. The zero-order chi connectivity index (χ0) is 12.2. The number of rotatable bonds is 5. The molecule has 5 fully saturated rings. The lowest BCUT2D eigenvalue weighted by atomic mass is 9.48. The van der Waals surface area contributed by atoms with Crippen LogP contribution in [0.2, 0.25) is 0 Å². The van der Waals surface area contributed by atoms with Gasteiger partial charge in [0.05, 0.1) is 12.7 Å². The second-order valence-electron chi connectivity index (χ2n) is 7.78. The van der Waals surface area contributed by atoms with E-state index in [0.717, 1.165) is 30.3 Å². The molecule has 2 heteroatoms. The first kappa shape index (κ1) is 11.7. The second kappa shape index (κ2) is 4.21. The minimum Gasteiger partial charge on any atom is -0.390 e. The van der Waals surface area contributed by atoms with Gasteiger partial charge in [-0.15, -0.1) is 0 Å². The molecule has 5 saturated carbocycles. The molecule has 0 aliphatic heterocycles. The molecular weight excluding hydrogens is 224 g/mol. The SMILES string of the molecule is OC(COCC1CC1)C12CC3CC(CC(C3)C1)C2. The van der Waals surface area contributed by atoms with E-state index in [2.05, 4.69) is 0 Å². The van der Waals surface area contributed by atoms with E-state index in [1.54, 1.807) is 0 Å². The van der Waals surface area contributed by atoms with Gasteiger partial charge in [-0.3, -0.25) is 0 Å². The van der Waals surface area contributed by atoms with Crippen molar-refractivity contribution < 1.29 is 9.84 Å². The fraction of sp³-hybridized carbons (Fsp3) is 1.00. The lowest BCUT2D eigenvalue weighted by Crippen LogP contribution is -2.52. The molecule has 18 heavy (non-hydrogen) atoms. The normalized spacial score (nSPS) is 47.5. The Morgan fingerprint density at radius 3 is 2.06 bits per heavy atom. The van der Waals surface area contributed by atoms with Gasteiger partial charge in [-0.05, 0) is 80.5 Å².